The van der Waals surface area contributed by atoms with Crippen molar-refractivity contribution >= 4 is 26.1 Å². The van der Waals surface area contributed by atoms with E-state index in [2.05, 4.69) is 23.2 Å². The molecule has 3 heterocycles. The summed E-state index contributed by atoms with van der Waals surface area (Å²) < 4.78 is 19.0. The third-order valence-electron chi connectivity index (χ3n) is 4.86. The lowest BCUT2D eigenvalue weighted by molar-refractivity contribution is -0.107. The molecule has 8 heteroatoms. The topological polar surface area (TPSA) is 79.4 Å². The number of hydrogen-bond acceptors (Lipinski definition) is 6. The Kier molecular flexibility index (Phi) is 6.59. The monoisotopic (exact) mass is 434 g/mol. The maximum Gasteiger partial charge on any atom is 0.219 e. The maximum absolute atomic E-state index is 10.8. The summed E-state index contributed by atoms with van der Waals surface area (Å²) in [4.78, 5) is 15.2. The van der Waals surface area contributed by atoms with E-state index in [0.29, 0.717) is 30.4 Å². The molecular formula is C23H24N3O4Si. The van der Waals surface area contributed by atoms with Crippen molar-refractivity contribution in [1.29, 1.82) is 0 Å². The standard InChI is InChI=1S/C23H24N3O4Si/c1-31(2)12-11-28-16-26-21(7-9-25-26)17-3-6-23(24-14-17)30-19-4-5-20-18(8-10-27)15-29-22(20)13-19/h3-7,9-10,13-15H,8,11-12,16H2,1-2H3. The summed E-state index contributed by atoms with van der Waals surface area (Å²) in [5, 5.41) is 5.26. The summed E-state index contributed by atoms with van der Waals surface area (Å²) in [5.41, 5.74) is 3.42. The Hall–Kier alpha value is -3.23. The molecule has 0 amide bonds. The number of furan rings is 1. The lowest BCUT2D eigenvalue weighted by atomic mass is 10.1. The van der Waals surface area contributed by atoms with Crippen LogP contribution in [-0.2, 0) is 22.7 Å². The second kappa shape index (κ2) is 9.72. The van der Waals surface area contributed by atoms with Gasteiger partial charge in [0.05, 0.1) is 12.0 Å². The van der Waals surface area contributed by atoms with Gasteiger partial charge in [-0.3, -0.25) is 0 Å². The molecule has 1 radical (unpaired) electrons. The normalized spacial score (nSPS) is 11.3. The number of pyridine rings is 1. The predicted octanol–water partition coefficient (Wildman–Crippen LogP) is 4.95. The first-order chi connectivity index (χ1) is 15.1. The highest BCUT2D eigenvalue weighted by Crippen LogP contribution is 2.29. The zero-order chi connectivity index (χ0) is 21.6. The van der Waals surface area contributed by atoms with E-state index in [9.17, 15) is 4.79 Å². The Labute approximate surface area is 182 Å². The minimum atomic E-state index is -0.279. The van der Waals surface area contributed by atoms with Gasteiger partial charge in [0.1, 0.15) is 24.3 Å². The van der Waals surface area contributed by atoms with Gasteiger partial charge in [-0.25, -0.2) is 9.67 Å². The number of fused-ring (bicyclic) bond motifs is 1. The van der Waals surface area contributed by atoms with Crippen molar-refractivity contribution < 1.29 is 18.7 Å². The molecule has 0 saturated carbocycles. The highest BCUT2D eigenvalue weighted by Gasteiger charge is 2.10. The predicted molar refractivity (Wildman–Crippen MR) is 120 cm³/mol. The van der Waals surface area contributed by atoms with Gasteiger partial charge in [-0.05, 0) is 30.3 Å². The van der Waals surface area contributed by atoms with Gasteiger partial charge in [0.2, 0.25) is 5.88 Å². The van der Waals surface area contributed by atoms with Gasteiger partial charge in [0.25, 0.3) is 0 Å². The number of carbonyl (C=O) groups excluding carboxylic acids is 1. The van der Waals surface area contributed by atoms with Crippen LogP contribution in [0.2, 0.25) is 19.1 Å². The van der Waals surface area contributed by atoms with E-state index >= 15 is 0 Å². The van der Waals surface area contributed by atoms with Crippen LogP contribution in [0.25, 0.3) is 22.2 Å². The Morgan fingerprint density at radius 2 is 2.10 bits per heavy atom. The average Bonchev–Trinajstić information content (AvgIpc) is 3.39. The number of rotatable bonds is 10. The number of aromatic nitrogens is 3. The van der Waals surface area contributed by atoms with Crippen molar-refractivity contribution in [2.45, 2.75) is 32.3 Å². The van der Waals surface area contributed by atoms with E-state index in [0.717, 1.165) is 41.1 Å². The van der Waals surface area contributed by atoms with Crippen LogP contribution in [0.3, 0.4) is 0 Å². The fourth-order valence-corrected chi connectivity index (χ4v) is 3.75. The van der Waals surface area contributed by atoms with Crippen molar-refractivity contribution in [2.24, 2.45) is 0 Å². The van der Waals surface area contributed by atoms with Crippen LogP contribution in [0.1, 0.15) is 5.56 Å². The minimum absolute atomic E-state index is 0.279. The summed E-state index contributed by atoms with van der Waals surface area (Å²) in [6.45, 7) is 5.73. The molecule has 159 valence electrons. The quantitative estimate of drug-likeness (QED) is 0.200. The van der Waals surface area contributed by atoms with Gasteiger partial charge in [-0.1, -0.05) is 13.1 Å². The van der Waals surface area contributed by atoms with Crippen molar-refractivity contribution in [3.63, 3.8) is 0 Å². The largest absolute Gasteiger partial charge is 0.464 e. The summed E-state index contributed by atoms with van der Waals surface area (Å²) in [7, 11) is -0.279. The van der Waals surface area contributed by atoms with Gasteiger partial charge in [-0.15, -0.1) is 0 Å². The zero-order valence-corrected chi connectivity index (χ0v) is 18.6. The molecule has 0 N–H and O–H groups in total. The molecule has 7 nitrogen and oxygen atoms in total. The first-order valence-electron chi connectivity index (χ1n) is 10.1. The average molecular weight is 435 g/mol. The molecule has 0 fully saturated rings. The SMILES string of the molecule is C[Si](C)CCOCn1nccc1-c1ccc(Oc2ccc3c(CC=O)coc3c2)nc1. The summed E-state index contributed by atoms with van der Waals surface area (Å²) in [5.74, 6) is 1.09. The molecule has 0 aliphatic carbocycles. The number of benzene rings is 1. The molecule has 1 aromatic carbocycles. The Bertz CT molecular complexity index is 1150. The molecule has 0 unspecified atom stereocenters. The molecule has 0 saturated heterocycles. The van der Waals surface area contributed by atoms with Crippen LogP contribution < -0.4 is 4.74 Å². The highest BCUT2D eigenvalue weighted by atomic mass is 28.3. The van der Waals surface area contributed by atoms with Gasteiger partial charge >= 0.3 is 0 Å². The minimum Gasteiger partial charge on any atom is -0.464 e. The van der Waals surface area contributed by atoms with Gasteiger partial charge in [-0.2, -0.15) is 5.10 Å². The number of carbonyl (C=O) groups is 1. The van der Waals surface area contributed by atoms with Crippen LogP contribution >= 0.6 is 0 Å². The Morgan fingerprint density at radius 1 is 1.19 bits per heavy atom. The van der Waals surface area contributed by atoms with Gasteiger partial charge < -0.3 is 18.7 Å². The second-order valence-electron chi connectivity index (χ2n) is 7.49. The molecule has 0 aliphatic heterocycles. The molecule has 4 aromatic rings. The van der Waals surface area contributed by atoms with Crippen molar-refractivity contribution in [3.05, 3.63) is 60.6 Å². The molecule has 0 spiro atoms. The molecule has 0 bridgehead atoms. The van der Waals surface area contributed by atoms with Crippen molar-refractivity contribution in [3.8, 4) is 22.9 Å². The van der Waals surface area contributed by atoms with E-state index in [1.807, 2.05) is 35.0 Å². The zero-order valence-electron chi connectivity index (χ0n) is 17.6. The van der Waals surface area contributed by atoms with E-state index in [-0.39, 0.29) is 8.80 Å². The number of hydrogen-bond donors (Lipinski definition) is 0. The molecule has 0 aliphatic rings. The number of ether oxygens (including phenoxy) is 2. The summed E-state index contributed by atoms with van der Waals surface area (Å²) in [6, 6.07) is 12.4. The molecule has 0 atom stereocenters. The Balaban J connectivity index is 1.43. The van der Waals surface area contributed by atoms with Crippen LogP contribution in [0.5, 0.6) is 11.6 Å². The van der Waals surface area contributed by atoms with Crippen LogP contribution in [-0.4, -0.2) is 36.5 Å². The van der Waals surface area contributed by atoms with E-state index in [4.69, 9.17) is 13.9 Å². The third kappa shape index (κ3) is 5.10. The first-order valence-corrected chi connectivity index (χ1v) is 12.8. The third-order valence-corrected chi connectivity index (χ3v) is 6.07. The molecule has 3 aromatic heterocycles. The fourth-order valence-electron chi connectivity index (χ4n) is 3.20. The summed E-state index contributed by atoms with van der Waals surface area (Å²) in [6.07, 6.45) is 6.32. The Morgan fingerprint density at radius 3 is 2.87 bits per heavy atom. The van der Waals surface area contributed by atoms with E-state index in [1.165, 1.54) is 0 Å². The molecule has 31 heavy (non-hydrogen) atoms. The van der Waals surface area contributed by atoms with Crippen LogP contribution in [0.4, 0.5) is 0 Å². The molecule has 4 rings (SSSR count). The van der Waals surface area contributed by atoms with Gasteiger partial charge in [0.15, 0.2) is 0 Å². The number of aldehydes is 1. The van der Waals surface area contributed by atoms with Crippen LogP contribution in [0, 0.1) is 0 Å². The number of nitrogens with zero attached hydrogens (tertiary/aromatic N) is 3. The smallest absolute Gasteiger partial charge is 0.219 e. The van der Waals surface area contributed by atoms with E-state index < -0.39 is 0 Å². The van der Waals surface area contributed by atoms with Crippen molar-refractivity contribution in [2.75, 3.05) is 6.61 Å². The molecular weight excluding hydrogens is 410 g/mol. The van der Waals surface area contributed by atoms with E-state index in [1.54, 1.807) is 24.7 Å². The lowest BCUT2D eigenvalue weighted by Crippen LogP contribution is -2.10. The highest BCUT2D eigenvalue weighted by molar-refractivity contribution is 6.55. The fraction of sp³-hybridized carbons (Fsp3) is 0.261. The van der Waals surface area contributed by atoms with Crippen molar-refractivity contribution in [1.82, 2.24) is 14.8 Å². The second-order valence-corrected chi connectivity index (χ2v) is 10.4. The van der Waals surface area contributed by atoms with Gasteiger partial charge in [0, 0.05) is 62.9 Å². The lowest BCUT2D eigenvalue weighted by Gasteiger charge is -2.10. The first kappa shape index (κ1) is 21.0. The summed E-state index contributed by atoms with van der Waals surface area (Å²) >= 11 is 0. The maximum atomic E-state index is 10.8. The van der Waals surface area contributed by atoms with Crippen LogP contribution in [0.15, 0.2) is 59.5 Å².